The Bertz CT molecular complexity index is 647. The predicted octanol–water partition coefficient (Wildman–Crippen LogP) is 2.21. The van der Waals surface area contributed by atoms with Gasteiger partial charge in [-0.2, -0.15) is 10.2 Å². The number of hydrogen-bond donors (Lipinski definition) is 0. The van der Waals surface area contributed by atoms with Gasteiger partial charge in [0, 0.05) is 13.1 Å². The minimum absolute atomic E-state index is 0.321. The van der Waals surface area contributed by atoms with Gasteiger partial charge in [0.25, 0.3) is 5.95 Å². The van der Waals surface area contributed by atoms with Gasteiger partial charge in [-0.25, -0.2) is 0 Å². The molecule has 0 amide bonds. The van der Waals surface area contributed by atoms with Gasteiger partial charge in [-0.3, -0.25) is 0 Å². The summed E-state index contributed by atoms with van der Waals surface area (Å²) in [5.74, 6) is 1.60. The van der Waals surface area contributed by atoms with Crippen molar-refractivity contribution in [1.82, 2.24) is 15.3 Å². The molecule has 3 heterocycles. The lowest BCUT2D eigenvalue weighted by Crippen LogP contribution is -2.24. The Morgan fingerprint density at radius 3 is 2.62 bits per heavy atom. The van der Waals surface area contributed by atoms with Crippen molar-refractivity contribution in [2.24, 2.45) is 0 Å². The highest BCUT2D eigenvalue weighted by atomic mass is 16.5. The number of hydrogen-bond acceptors (Lipinski definition) is 7. The molecule has 0 aliphatic carbocycles. The zero-order chi connectivity index (χ0) is 14.7. The molecule has 1 fully saturated rings. The Labute approximate surface area is 122 Å². The summed E-state index contributed by atoms with van der Waals surface area (Å²) in [6.45, 7) is 3.64. The second-order valence-electron chi connectivity index (χ2n) is 5.24. The van der Waals surface area contributed by atoms with Crippen molar-refractivity contribution in [3.63, 3.8) is 0 Å². The first-order valence-electron chi connectivity index (χ1n) is 7.20. The van der Waals surface area contributed by atoms with Crippen molar-refractivity contribution in [3.8, 4) is 6.07 Å². The van der Waals surface area contributed by atoms with Gasteiger partial charge < -0.3 is 13.9 Å². The van der Waals surface area contributed by atoms with Crippen LogP contribution >= 0.6 is 0 Å². The van der Waals surface area contributed by atoms with E-state index in [1.807, 2.05) is 0 Å². The molecule has 0 atom stereocenters. The average molecular weight is 287 g/mol. The highest BCUT2D eigenvalue weighted by Gasteiger charge is 2.19. The fourth-order valence-corrected chi connectivity index (χ4v) is 2.54. The van der Waals surface area contributed by atoms with E-state index in [9.17, 15) is 0 Å². The van der Waals surface area contributed by atoms with Crippen molar-refractivity contribution >= 4 is 5.95 Å². The summed E-state index contributed by atoms with van der Waals surface area (Å²) in [5.41, 5.74) is 0.991. The van der Waals surface area contributed by atoms with Crippen LogP contribution in [0.3, 0.4) is 0 Å². The van der Waals surface area contributed by atoms with Crippen molar-refractivity contribution in [1.29, 1.82) is 5.26 Å². The van der Waals surface area contributed by atoms with Gasteiger partial charge in [-0.15, -0.1) is 0 Å². The Kier molecular flexibility index (Phi) is 3.86. The fourth-order valence-electron chi connectivity index (χ4n) is 2.54. The molecule has 7 nitrogen and oxygen atoms in total. The van der Waals surface area contributed by atoms with Crippen LogP contribution in [-0.4, -0.2) is 28.4 Å². The lowest BCUT2D eigenvalue weighted by Gasteiger charge is -2.16. The molecule has 0 aromatic carbocycles. The summed E-state index contributed by atoms with van der Waals surface area (Å²) < 4.78 is 10.3. The highest BCUT2D eigenvalue weighted by molar-refractivity contribution is 5.37. The molecule has 0 unspecified atom stereocenters. The Balaban J connectivity index is 1.74. The van der Waals surface area contributed by atoms with E-state index in [1.54, 1.807) is 6.92 Å². The van der Waals surface area contributed by atoms with E-state index in [-0.39, 0.29) is 0 Å². The SMILES string of the molecule is Cc1onc(Cc2nc(N3CCCCCC3)no2)c1C#N. The maximum absolute atomic E-state index is 9.08. The number of aromatic nitrogens is 3. The largest absolute Gasteiger partial charge is 0.360 e. The Morgan fingerprint density at radius 1 is 1.14 bits per heavy atom. The van der Waals surface area contributed by atoms with Gasteiger partial charge in [0.2, 0.25) is 5.89 Å². The third-order valence-corrected chi connectivity index (χ3v) is 3.71. The first kappa shape index (κ1) is 13.6. The van der Waals surface area contributed by atoms with Crippen LogP contribution in [0.25, 0.3) is 0 Å². The van der Waals surface area contributed by atoms with Crippen molar-refractivity contribution in [2.75, 3.05) is 18.0 Å². The van der Waals surface area contributed by atoms with Gasteiger partial charge in [0.1, 0.15) is 17.3 Å². The summed E-state index contributed by atoms with van der Waals surface area (Å²) in [6, 6.07) is 2.09. The van der Waals surface area contributed by atoms with E-state index < -0.39 is 0 Å². The minimum atomic E-state index is 0.321. The van der Waals surface area contributed by atoms with Crippen LogP contribution in [-0.2, 0) is 6.42 Å². The molecule has 1 saturated heterocycles. The lowest BCUT2D eigenvalue weighted by atomic mass is 10.2. The molecule has 0 bridgehead atoms. The van der Waals surface area contributed by atoms with Crippen molar-refractivity contribution in [3.05, 3.63) is 22.9 Å². The molecule has 2 aromatic rings. The molecule has 0 spiro atoms. The number of nitriles is 1. The van der Waals surface area contributed by atoms with Gasteiger partial charge in [-0.05, 0) is 24.9 Å². The summed E-state index contributed by atoms with van der Waals surface area (Å²) >= 11 is 0. The molecular weight excluding hydrogens is 270 g/mol. The third-order valence-electron chi connectivity index (χ3n) is 3.71. The summed E-state index contributed by atoms with van der Waals surface area (Å²) in [7, 11) is 0. The third kappa shape index (κ3) is 2.89. The Morgan fingerprint density at radius 2 is 1.90 bits per heavy atom. The second kappa shape index (κ2) is 5.95. The van der Waals surface area contributed by atoms with E-state index >= 15 is 0 Å². The van der Waals surface area contributed by atoms with Crippen molar-refractivity contribution < 1.29 is 9.05 Å². The van der Waals surface area contributed by atoms with Crippen LogP contribution in [0.1, 0.15) is 48.6 Å². The van der Waals surface area contributed by atoms with E-state index in [4.69, 9.17) is 14.3 Å². The molecular formula is C14H17N5O2. The van der Waals surface area contributed by atoms with Gasteiger partial charge in [-0.1, -0.05) is 18.0 Å². The lowest BCUT2D eigenvalue weighted by molar-refractivity contribution is 0.370. The molecule has 1 aliphatic heterocycles. The van der Waals surface area contributed by atoms with E-state index in [2.05, 4.69) is 26.3 Å². The molecule has 1 aliphatic rings. The zero-order valence-corrected chi connectivity index (χ0v) is 12.0. The number of nitrogens with zero attached hydrogens (tertiary/aromatic N) is 5. The summed E-state index contributed by atoms with van der Waals surface area (Å²) in [4.78, 5) is 6.56. The van der Waals surface area contributed by atoms with Gasteiger partial charge >= 0.3 is 0 Å². The molecule has 0 N–H and O–H groups in total. The van der Waals surface area contributed by atoms with Crippen LogP contribution in [0.4, 0.5) is 5.95 Å². The number of anilines is 1. The maximum atomic E-state index is 9.08. The first-order valence-corrected chi connectivity index (χ1v) is 7.20. The fraction of sp³-hybridized carbons (Fsp3) is 0.571. The van der Waals surface area contributed by atoms with Crippen LogP contribution in [0.2, 0.25) is 0 Å². The summed E-state index contributed by atoms with van der Waals surface area (Å²) in [5, 5.41) is 17.0. The highest BCUT2D eigenvalue weighted by Crippen LogP contribution is 2.19. The second-order valence-corrected chi connectivity index (χ2v) is 5.24. The molecule has 3 rings (SSSR count). The van der Waals surface area contributed by atoms with Crippen LogP contribution in [0.5, 0.6) is 0 Å². The zero-order valence-electron chi connectivity index (χ0n) is 12.0. The van der Waals surface area contributed by atoms with E-state index in [1.165, 1.54) is 12.8 Å². The quantitative estimate of drug-likeness (QED) is 0.854. The smallest absolute Gasteiger partial charge is 0.266 e. The van der Waals surface area contributed by atoms with E-state index in [0.29, 0.717) is 35.3 Å². The van der Waals surface area contributed by atoms with Gasteiger partial charge in [0.15, 0.2) is 5.76 Å². The van der Waals surface area contributed by atoms with Crippen LogP contribution in [0.15, 0.2) is 9.05 Å². The molecule has 7 heteroatoms. The standard InChI is InChI=1S/C14H17N5O2/c1-10-11(9-15)12(17-20-10)8-13-16-14(18-21-13)19-6-4-2-3-5-7-19/h2-8H2,1H3. The summed E-state index contributed by atoms with van der Waals surface area (Å²) in [6.07, 6.45) is 5.15. The molecule has 0 radical (unpaired) electrons. The minimum Gasteiger partial charge on any atom is -0.360 e. The first-order chi connectivity index (χ1) is 10.3. The normalized spacial score (nSPS) is 15.7. The Hall–Kier alpha value is -2.36. The predicted molar refractivity (Wildman–Crippen MR) is 73.7 cm³/mol. The molecule has 0 saturated carbocycles. The monoisotopic (exact) mass is 287 g/mol. The topological polar surface area (TPSA) is 92.0 Å². The molecule has 110 valence electrons. The molecule has 21 heavy (non-hydrogen) atoms. The van der Waals surface area contributed by atoms with Gasteiger partial charge in [0.05, 0.1) is 6.42 Å². The van der Waals surface area contributed by atoms with Crippen LogP contribution < -0.4 is 4.90 Å². The average Bonchev–Trinajstić information content (AvgIpc) is 2.97. The number of rotatable bonds is 3. The van der Waals surface area contributed by atoms with E-state index in [0.717, 1.165) is 25.9 Å². The van der Waals surface area contributed by atoms with Crippen molar-refractivity contribution in [2.45, 2.75) is 39.0 Å². The number of aryl methyl sites for hydroxylation is 1. The maximum Gasteiger partial charge on any atom is 0.266 e. The molecule has 2 aromatic heterocycles. The van der Waals surface area contributed by atoms with Crippen LogP contribution in [0, 0.1) is 18.3 Å².